The highest BCUT2D eigenvalue weighted by molar-refractivity contribution is 7.18. The summed E-state index contributed by atoms with van der Waals surface area (Å²) >= 11 is 3.03. The van der Waals surface area contributed by atoms with Gasteiger partial charge in [0.2, 0.25) is 5.13 Å². The van der Waals surface area contributed by atoms with Crippen molar-refractivity contribution in [2.75, 3.05) is 26.0 Å². The fraction of sp³-hybridized carbons (Fsp3) is 0.333. The third-order valence-electron chi connectivity index (χ3n) is 3.22. The summed E-state index contributed by atoms with van der Waals surface area (Å²) in [6.07, 6.45) is 0.824. The number of likely N-dealkylation sites (N-methyl/N-ethyl adjacent to an activating group) is 1. The van der Waals surface area contributed by atoms with Gasteiger partial charge in [-0.1, -0.05) is 11.3 Å². The van der Waals surface area contributed by atoms with E-state index in [0.29, 0.717) is 10.7 Å². The molecule has 0 atom stereocenters. The molecule has 0 saturated heterocycles. The van der Waals surface area contributed by atoms with Crippen molar-refractivity contribution >= 4 is 43.9 Å². The average Bonchev–Trinajstić information content (AvgIpc) is 3.09. The van der Waals surface area contributed by atoms with Crippen LogP contribution < -0.4 is 5.32 Å². The first kappa shape index (κ1) is 16.0. The maximum absolute atomic E-state index is 12.3. The Morgan fingerprint density at radius 3 is 2.87 bits per heavy atom. The minimum absolute atomic E-state index is 0.187. The lowest BCUT2D eigenvalue weighted by Gasteiger charge is -2.05. The summed E-state index contributed by atoms with van der Waals surface area (Å²) in [5, 5.41) is 13.4. The number of amides is 1. The molecule has 0 aliphatic rings. The van der Waals surface area contributed by atoms with Crippen LogP contribution >= 0.6 is 22.7 Å². The van der Waals surface area contributed by atoms with E-state index in [2.05, 4.69) is 25.4 Å². The predicted octanol–water partition coefficient (Wildman–Crippen LogP) is 2.81. The number of hydrogen-bond acceptors (Lipinski definition) is 7. The molecule has 0 spiro atoms. The SMILES string of the molecule is Cc1nc2cc(C(=O)Nc3nnc(CCN(C)C)s3)ccc2s1. The number of nitrogens with one attached hydrogen (secondary N) is 1. The van der Waals surface area contributed by atoms with E-state index in [9.17, 15) is 4.79 Å². The van der Waals surface area contributed by atoms with Gasteiger partial charge in [0.1, 0.15) is 5.01 Å². The maximum Gasteiger partial charge on any atom is 0.257 e. The third kappa shape index (κ3) is 3.90. The van der Waals surface area contributed by atoms with Gasteiger partial charge in [0, 0.05) is 18.5 Å². The highest BCUT2D eigenvalue weighted by Gasteiger charge is 2.12. The van der Waals surface area contributed by atoms with Crippen molar-refractivity contribution in [2.24, 2.45) is 0 Å². The van der Waals surface area contributed by atoms with Gasteiger partial charge >= 0.3 is 0 Å². The van der Waals surface area contributed by atoms with Gasteiger partial charge in [-0.25, -0.2) is 4.98 Å². The molecule has 0 bridgehead atoms. The second-order valence-corrected chi connectivity index (χ2v) is 7.72. The Hall–Kier alpha value is -1.90. The Bertz CT molecular complexity index is 839. The number of rotatable bonds is 5. The molecule has 3 aromatic rings. The van der Waals surface area contributed by atoms with E-state index in [0.717, 1.165) is 33.2 Å². The molecule has 0 saturated carbocycles. The van der Waals surface area contributed by atoms with E-state index >= 15 is 0 Å². The van der Waals surface area contributed by atoms with Gasteiger partial charge in [0.15, 0.2) is 0 Å². The Labute approximate surface area is 142 Å². The lowest BCUT2D eigenvalue weighted by Crippen LogP contribution is -2.14. The largest absolute Gasteiger partial charge is 0.309 e. The standard InChI is InChI=1S/C15H17N5OS2/c1-9-16-11-8-10(4-5-12(11)22-9)14(21)17-15-19-18-13(23-15)6-7-20(2)3/h4-5,8H,6-7H2,1-3H3,(H,17,19,21). The van der Waals surface area contributed by atoms with Crippen LogP contribution in [0.25, 0.3) is 10.2 Å². The van der Waals surface area contributed by atoms with Gasteiger partial charge in [0.25, 0.3) is 5.91 Å². The molecular weight excluding hydrogens is 330 g/mol. The number of hydrogen-bond donors (Lipinski definition) is 1. The number of aryl methyl sites for hydroxylation is 1. The van der Waals surface area contributed by atoms with Gasteiger partial charge in [-0.2, -0.15) is 0 Å². The zero-order valence-corrected chi connectivity index (χ0v) is 14.8. The number of carbonyl (C=O) groups is 1. The van der Waals surface area contributed by atoms with Gasteiger partial charge in [-0.3, -0.25) is 10.1 Å². The molecule has 0 unspecified atom stereocenters. The second kappa shape index (κ2) is 6.69. The van der Waals surface area contributed by atoms with Crippen molar-refractivity contribution in [3.05, 3.63) is 33.8 Å². The number of fused-ring (bicyclic) bond motifs is 1. The monoisotopic (exact) mass is 347 g/mol. The highest BCUT2D eigenvalue weighted by Crippen LogP contribution is 2.23. The van der Waals surface area contributed by atoms with Crippen LogP contribution in [0.3, 0.4) is 0 Å². The first-order chi connectivity index (χ1) is 11.0. The van der Waals surface area contributed by atoms with Crippen molar-refractivity contribution in [3.63, 3.8) is 0 Å². The van der Waals surface area contributed by atoms with Crippen LogP contribution in [0.15, 0.2) is 18.2 Å². The summed E-state index contributed by atoms with van der Waals surface area (Å²) in [6, 6.07) is 5.54. The molecule has 1 N–H and O–H groups in total. The second-order valence-electron chi connectivity index (χ2n) is 5.42. The van der Waals surface area contributed by atoms with Crippen molar-refractivity contribution in [1.82, 2.24) is 20.1 Å². The van der Waals surface area contributed by atoms with Gasteiger partial charge in [-0.15, -0.1) is 21.5 Å². The summed E-state index contributed by atoms with van der Waals surface area (Å²) in [7, 11) is 4.03. The lowest BCUT2D eigenvalue weighted by molar-refractivity contribution is 0.102. The van der Waals surface area contributed by atoms with Crippen LogP contribution in [0.2, 0.25) is 0 Å². The lowest BCUT2D eigenvalue weighted by atomic mass is 10.2. The van der Waals surface area contributed by atoms with Gasteiger partial charge in [0.05, 0.1) is 15.2 Å². The molecule has 8 heteroatoms. The number of nitrogens with zero attached hydrogens (tertiary/aromatic N) is 4. The number of carbonyl (C=O) groups excluding carboxylic acids is 1. The van der Waals surface area contributed by atoms with Crippen LogP contribution in [-0.4, -0.2) is 46.6 Å². The molecule has 0 aliphatic carbocycles. The predicted molar refractivity (Wildman–Crippen MR) is 94.5 cm³/mol. The van der Waals surface area contributed by atoms with Gasteiger partial charge in [-0.05, 0) is 39.2 Å². The Balaban J connectivity index is 1.70. The topological polar surface area (TPSA) is 71.0 Å². The molecule has 2 aromatic heterocycles. The first-order valence-electron chi connectivity index (χ1n) is 7.17. The zero-order valence-electron chi connectivity index (χ0n) is 13.2. The maximum atomic E-state index is 12.3. The van der Waals surface area contributed by atoms with E-state index in [1.807, 2.05) is 39.2 Å². The third-order valence-corrected chi connectivity index (χ3v) is 5.07. The van der Waals surface area contributed by atoms with E-state index < -0.39 is 0 Å². The first-order valence-corrected chi connectivity index (χ1v) is 8.80. The summed E-state index contributed by atoms with van der Waals surface area (Å²) in [5.74, 6) is -0.187. The summed E-state index contributed by atoms with van der Waals surface area (Å²) in [4.78, 5) is 18.8. The summed E-state index contributed by atoms with van der Waals surface area (Å²) < 4.78 is 1.08. The molecular formula is C15H17N5OS2. The molecule has 1 amide bonds. The minimum atomic E-state index is -0.187. The number of aromatic nitrogens is 3. The quantitative estimate of drug-likeness (QED) is 0.768. The molecule has 0 radical (unpaired) electrons. The zero-order chi connectivity index (χ0) is 16.4. The molecule has 120 valence electrons. The van der Waals surface area contributed by atoms with E-state index in [1.54, 1.807) is 11.3 Å². The molecule has 0 fully saturated rings. The fourth-order valence-corrected chi connectivity index (χ4v) is 3.61. The van der Waals surface area contributed by atoms with Crippen LogP contribution in [0.5, 0.6) is 0 Å². The molecule has 23 heavy (non-hydrogen) atoms. The number of benzene rings is 1. The smallest absolute Gasteiger partial charge is 0.257 e. The van der Waals surface area contributed by atoms with Crippen molar-refractivity contribution < 1.29 is 4.79 Å². The summed E-state index contributed by atoms with van der Waals surface area (Å²) in [5.41, 5.74) is 1.43. The normalized spacial score (nSPS) is 11.3. The Kier molecular flexibility index (Phi) is 4.65. The van der Waals surface area contributed by atoms with E-state index in [4.69, 9.17) is 0 Å². The van der Waals surface area contributed by atoms with E-state index in [-0.39, 0.29) is 5.91 Å². The van der Waals surface area contributed by atoms with Crippen molar-refractivity contribution in [2.45, 2.75) is 13.3 Å². The van der Waals surface area contributed by atoms with Crippen molar-refractivity contribution in [1.29, 1.82) is 0 Å². The van der Waals surface area contributed by atoms with Crippen LogP contribution in [-0.2, 0) is 6.42 Å². The highest BCUT2D eigenvalue weighted by atomic mass is 32.1. The Morgan fingerprint density at radius 2 is 2.09 bits per heavy atom. The molecule has 3 rings (SSSR count). The molecule has 2 heterocycles. The fourth-order valence-electron chi connectivity index (χ4n) is 2.08. The van der Waals surface area contributed by atoms with Crippen LogP contribution in [0.1, 0.15) is 20.4 Å². The molecule has 0 aliphatic heterocycles. The number of anilines is 1. The Morgan fingerprint density at radius 1 is 1.26 bits per heavy atom. The molecule has 6 nitrogen and oxygen atoms in total. The van der Waals surface area contributed by atoms with Gasteiger partial charge < -0.3 is 4.90 Å². The van der Waals surface area contributed by atoms with E-state index in [1.165, 1.54) is 11.3 Å². The number of thiazole rings is 1. The van der Waals surface area contributed by atoms with Crippen LogP contribution in [0, 0.1) is 6.92 Å². The van der Waals surface area contributed by atoms with Crippen LogP contribution in [0.4, 0.5) is 5.13 Å². The molecule has 1 aromatic carbocycles. The van der Waals surface area contributed by atoms with Crippen molar-refractivity contribution in [3.8, 4) is 0 Å². The summed E-state index contributed by atoms with van der Waals surface area (Å²) in [6.45, 7) is 2.86. The average molecular weight is 347 g/mol. The minimum Gasteiger partial charge on any atom is -0.309 e.